The highest BCUT2D eigenvalue weighted by Crippen LogP contribution is 2.29. The molecule has 0 aliphatic carbocycles. The monoisotopic (exact) mass is 333 g/mol. The van der Waals surface area contributed by atoms with E-state index in [9.17, 15) is 24.9 Å². The van der Waals surface area contributed by atoms with Crippen LogP contribution >= 0.6 is 0 Å². The molecule has 4 N–H and O–H groups in total. The molecule has 134 valence electrons. The van der Waals surface area contributed by atoms with E-state index in [-0.39, 0.29) is 0 Å². The summed E-state index contributed by atoms with van der Waals surface area (Å²) < 4.78 is 4.98. The Bertz CT molecular complexity index is 409. The zero-order valence-corrected chi connectivity index (χ0v) is 13.6. The van der Waals surface area contributed by atoms with E-state index < -0.39 is 42.4 Å². The van der Waals surface area contributed by atoms with Crippen LogP contribution in [0.1, 0.15) is 46.0 Å². The molecule has 0 bridgehead atoms. The molecule has 4 atom stereocenters. The number of nitrogens with zero attached hydrogens (tertiary/aromatic N) is 1. The summed E-state index contributed by atoms with van der Waals surface area (Å²) in [6.07, 6.45) is -2.19. The van der Waals surface area contributed by atoms with E-state index in [0.717, 1.165) is 25.7 Å². The van der Waals surface area contributed by atoms with Crippen molar-refractivity contribution < 1.29 is 34.8 Å². The molecular weight excluding hydrogens is 306 g/mol. The van der Waals surface area contributed by atoms with E-state index in [2.05, 4.69) is 0 Å². The average molecular weight is 333 g/mol. The topological polar surface area (TPSA) is 128 Å². The fourth-order valence-electron chi connectivity index (χ4n) is 2.48. The first-order valence-corrected chi connectivity index (χ1v) is 8.05. The lowest BCUT2D eigenvalue weighted by molar-refractivity contribution is -0.289. The summed E-state index contributed by atoms with van der Waals surface area (Å²) in [7, 11) is 0. The predicted octanol–water partition coefficient (Wildman–Crippen LogP) is -0.301. The Balaban J connectivity index is 2.92. The summed E-state index contributed by atoms with van der Waals surface area (Å²) >= 11 is 0. The van der Waals surface area contributed by atoms with Gasteiger partial charge in [0.15, 0.2) is 6.10 Å². The molecular formula is C15H27NO7. The maximum Gasteiger partial charge on any atom is 0.364 e. The fraction of sp³-hybridized carbons (Fsp3) is 0.867. The van der Waals surface area contributed by atoms with Crippen LogP contribution in [0, 0.1) is 0 Å². The molecule has 0 aromatic rings. The molecule has 1 aliphatic rings. The van der Waals surface area contributed by atoms with Crippen molar-refractivity contribution in [3.63, 3.8) is 0 Å². The Kier molecular flexibility index (Phi) is 7.40. The molecule has 0 spiro atoms. The SMILES string of the molecule is CCCCN(CCCC)C(=O)[C@@H]1OC(O)(C(=O)O)CC(O)[C@H]1O. The number of unbranched alkanes of at least 4 members (excludes halogenated alkanes) is 2. The molecule has 1 saturated heterocycles. The number of hydrogen-bond acceptors (Lipinski definition) is 6. The molecule has 0 aromatic heterocycles. The second-order valence-corrected chi connectivity index (χ2v) is 5.92. The maximum absolute atomic E-state index is 12.6. The summed E-state index contributed by atoms with van der Waals surface area (Å²) in [5, 5.41) is 38.7. The van der Waals surface area contributed by atoms with E-state index in [1.54, 1.807) is 0 Å². The van der Waals surface area contributed by atoms with Gasteiger partial charge in [0.25, 0.3) is 11.7 Å². The molecule has 1 heterocycles. The van der Waals surface area contributed by atoms with Gasteiger partial charge in [0.05, 0.1) is 6.10 Å². The lowest BCUT2D eigenvalue weighted by atomic mass is 9.94. The van der Waals surface area contributed by atoms with Gasteiger partial charge in [-0.15, -0.1) is 0 Å². The standard InChI is InChI=1S/C15H27NO7/c1-3-5-7-16(8-6-4-2)13(19)12-11(18)10(17)9-15(22,23-12)14(20)21/h10-12,17-18,22H,3-9H2,1-2H3,(H,20,21)/t10?,11-,12-,15?/m1/s1. The minimum Gasteiger partial charge on any atom is -0.477 e. The van der Waals surface area contributed by atoms with Crippen LogP contribution in [0.2, 0.25) is 0 Å². The van der Waals surface area contributed by atoms with E-state index >= 15 is 0 Å². The lowest BCUT2D eigenvalue weighted by Crippen LogP contribution is -2.62. The second kappa shape index (κ2) is 8.58. The van der Waals surface area contributed by atoms with Gasteiger partial charge < -0.3 is 30.1 Å². The van der Waals surface area contributed by atoms with E-state index in [1.165, 1.54) is 4.90 Å². The third-order valence-corrected chi connectivity index (χ3v) is 3.96. The third-order valence-electron chi connectivity index (χ3n) is 3.96. The van der Waals surface area contributed by atoms with Crippen molar-refractivity contribution in [2.75, 3.05) is 13.1 Å². The first kappa shape index (κ1) is 19.8. The van der Waals surface area contributed by atoms with Crippen molar-refractivity contribution in [3.05, 3.63) is 0 Å². The zero-order valence-electron chi connectivity index (χ0n) is 13.6. The van der Waals surface area contributed by atoms with Crippen molar-refractivity contribution in [1.29, 1.82) is 0 Å². The number of hydrogen-bond donors (Lipinski definition) is 4. The Morgan fingerprint density at radius 3 is 2.13 bits per heavy atom. The molecule has 2 unspecified atom stereocenters. The van der Waals surface area contributed by atoms with Crippen molar-refractivity contribution in [2.24, 2.45) is 0 Å². The Morgan fingerprint density at radius 1 is 1.17 bits per heavy atom. The number of carboxylic acids is 1. The quantitative estimate of drug-likeness (QED) is 0.480. The van der Waals surface area contributed by atoms with Crippen LogP contribution in [0.25, 0.3) is 0 Å². The van der Waals surface area contributed by atoms with Gasteiger partial charge in [-0.2, -0.15) is 0 Å². The summed E-state index contributed by atoms with van der Waals surface area (Å²) in [5.74, 6) is -4.99. The Labute approximate surface area is 135 Å². The van der Waals surface area contributed by atoms with E-state index in [4.69, 9.17) is 9.84 Å². The lowest BCUT2D eigenvalue weighted by Gasteiger charge is -2.40. The minimum absolute atomic E-state index is 0.448. The molecule has 0 aromatic carbocycles. The van der Waals surface area contributed by atoms with Crippen molar-refractivity contribution in [3.8, 4) is 0 Å². The van der Waals surface area contributed by atoms with Crippen LogP contribution in [0.15, 0.2) is 0 Å². The van der Waals surface area contributed by atoms with Gasteiger partial charge in [0.1, 0.15) is 6.10 Å². The van der Waals surface area contributed by atoms with Gasteiger partial charge >= 0.3 is 5.97 Å². The minimum atomic E-state index is -2.68. The molecule has 1 fully saturated rings. The van der Waals surface area contributed by atoms with Gasteiger partial charge in [-0.3, -0.25) is 4.79 Å². The second-order valence-electron chi connectivity index (χ2n) is 5.92. The number of rotatable bonds is 8. The Hall–Kier alpha value is -1.22. The summed E-state index contributed by atoms with van der Waals surface area (Å²) in [4.78, 5) is 25.2. The van der Waals surface area contributed by atoms with Crippen LogP contribution in [0.3, 0.4) is 0 Å². The highest BCUT2D eigenvalue weighted by atomic mass is 16.7. The number of carbonyl (C=O) groups excluding carboxylic acids is 1. The van der Waals surface area contributed by atoms with E-state index in [1.807, 2.05) is 13.8 Å². The predicted molar refractivity (Wildman–Crippen MR) is 80.5 cm³/mol. The summed E-state index contributed by atoms with van der Waals surface area (Å²) in [6, 6.07) is 0. The fourth-order valence-corrected chi connectivity index (χ4v) is 2.48. The number of amides is 1. The van der Waals surface area contributed by atoms with Gasteiger partial charge in [0.2, 0.25) is 0 Å². The highest BCUT2D eigenvalue weighted by Gasteiger charge is 2.53. The molecule has 1 rings (SSSR count). The van der Waals surface area contributed by atoms with Crippen molar-refractivity contribution >= 4 is 11.9 Å². The molecule has 8 nitrogen and oxygen atoms in total. The number of aliphatic hydroxyl groups excluding tert-OH is 2. The molecule has 1 amide bonds. The molecule has 0 saturated carbocycles. The van der Waals surface area contributed by atoms with Gasteiger partial charge in [0, 0.05) is 19.5 Å². The third kappa shape index (κ3) is 4.87. The molecule has 8 heteroatoms. The van der Waals surface area contributed by atoms with Crippen LogP contribution < -0.4 is 0 Å². The number of carboxylic acid groups (broad SMARTS) is 1. The molecule has 23 heavy (non-hydrogen) atoms. The number of aliphatic hydroxyl groups is 3. The van der Waals surface area contributed by atoms with Crippen LogP contribution in [-0.4, -0.2) is 74.4 Å². The van der Waals surface area contributed by atoms with Gasteiger partial charge in [-0.25, -0.2) is 4.79 Å². The number of ether oxygens (including phenoxy) is 1. The molecule has 0 radical (unpaired) electrons. The van der Waals surface area contributed by atoms with Crippen LogP contribution in [0.5, 0.6) is 0 Å². The largest absolute Gasteiger partial charge is 0.477 e. The van der Waals surface area contributed by atoms with Crippen LogP contribution in [-0.2, 0) is 14.3 Å². The van der Waals surface area contributed by atoms with Gasteiger partial charge in [-0.1, -0.05) is 26.7 Å². The Morgan fingerprint density at radius 2 is 1.70 bits per heavy atom. The summed E-state index contributed by atoms with van der Waals surface area (Å²) in [6.45, 7) is 4.84. The first-order valence-electron chi connectivity index (χ1n) is 8.05. The van der Waals surface area contributed by atoms with Crippen molar-refractivity contribution in [2.45, 2.75) is 70.1 Å². The highest BCUT2D eigenvalue weighted by molar-refractivity contribution is 5.83. The first-order chi connectivity index (χ1) is 10.8. The number of carbonyl (C=O) groups is 2. The number of aliphatic carboxylic acids is 1. The maximum atomic E-state index is 12.6. The molecule has 1 aliphatic heterocycles. The normalized spacial score (nSPS) is 30.9. The average Bonchev–Trinajstić information content (AvgIpc) is 2.50. The van der Waals surface area contributed by atoms with Gasteiger partial charge in [-0.05, 0) is 12.8 Å². The van der Waals surface area contributed by atoms with Crippen molar-refractivity contribution in [1.82, 2.24) is 4.90 Å². The zero-order chi connectivity index (χ0) is 17.6. The summed E-state index contributed by atoms with van der Waals surface area (Å²) in [5.41, 5.74) is 0. The van der Waals surface area contributed by atoms with Crippen LogP contribution in [0.4, 0.5) is 0 Å². The smallest absolute Gasteiger partial charge is 0.364 e. The van der Waals surface area contributed by atoms with E-state index in [0.29, 0.717) is 13.1 Å².